The maximum atomic E-state index is 11.6. The fourth-order valence-electron chi connectivity index (χ4n) is 2.38. The molecule has 5 nitrogen and oxygen atoms in total. The van der Waals surface area contributed by atoms with Gasteiger partial charge in [-0.25, -0.2) is 0 Å². The summed E-state index contributed by atoms with van der Waals surface area (Å²) in [5.74, 6) is 3.26. The van der Waals surface area contributed by atoms with E-state index >= 15 is 0 Å². The largest absolute Gasteiger partial charge is 0.497 e. The number of amides is 1. The number of carbonyl (C=O) groups excluding carboxylic acids is 1. The average Bonchev–Trinajstić information content (AvgIpc) is 2.53. The van der Waals surface area contributed by atoms with Gasteiger partial charge in [-0.15, -0.1) is 6.42 Å². The smallest absolute Gasteiger partial charge is 0.234 e. The topological polar surface area (TPSA) is 44.8 Å². The number of ether oxygens (including phenoxy) is 1. The fraction of sp³-hybridized carbons (Fsp3) is 0.438. The van der Waals surface area contributed by atoms with E-state index in [0.717, 1.165) is 37.6 Å². The number of hydrogen-bond acceptors (Lipinski definition) is 4. The molecule has 1 heterocycles. The number of nitrogens with zero attached hydrogens (tertiary/aromatic N) is 2. The predicted octanol–water partition coefficient (Wildman–Crippen LogP) is 0.567. The lowest BCUT2D eigenvalue weighted by Gasteiger charge is -2.35. The first-order chi connectivity index (χ1) is 10.2. The Kier molecular flexibility index (Phi) is 5.47. The van der Waals surface area contributed by atoms with Crippen molar-refractivity contribution in [2.45, 2.75) is 0 Å². The SMILES string of the molecule is C#CCNC(=O)CN1CCN(c2cccc(OC)c2)CC1. The van der Waals surface area contributed by atoms with Gasteiger partial charge in [0.15, 0.2) is 0 Å². The first-order valence-electron chi connectivity index (χ1n) is 7.04. The van der Waals surface area contributed by atoms with E-state index in [1.165, 1.54) is 0 Å². The van der Waals surface area contributed by atoms with Gasteiger partial charge in [-0.3, -0.25) is 9.69 Å². The second-order valence-corrected chi connectivity index (χ2v) is 4.95. The van der Waals surface area contributed by atoms with Crippen LogP contribution in [-0.4, -0.2) is 57.2 Å². The molecule has 1 aromatic rings. The van der Waals surface area contributed by atoms with Crippen molar-refractivity contribution in [1.29, 1.82) is 0 Å². The van der Waals surface area contributed by atoms with Gasteiger partial charge in [0.1, 0.15) is 5.75 Å². The minimum absolute atomic E-state index is 0.0113. The van der Waals surface area contributed by atoms with Crippen LogP contribution in [0.4, 0.5) is 5.69 Å². The van der Waals surface area contributed by atoms with Gasteiger partial charge in [-0.2, -0.15) is 0 Å². The number of rotatable bonds is 5. The molecule has 1 N–H and O–H groups in total. The Balaban J connectivity index is 1.82. The summed E-state index contributed by atoms with van der Waals surface area (Å²) in [7, 11) is 1.67. The van der Waals surface area contributed by atoms with Crippen LogP contribution < -0.4 is 15.0 Å². The number of benzene rings is 1. The lowest BCUT2D eigenvalue weighted by molar-refractivity contribution is -0.122. The standard InChI is InChI=1S/C16H21N3O2/c1-3-7-17-16(20)13-18-8-10-19(11-9-18)14-5-4-6-15(12-14)21-2/h1,4-6,12H,7-11,13H2,2H3,(H,17,20). The van der Waals surface area contributed by atoms with Gasteiger partial charge in [-0.05, 0) is 12.1 Å². The van der Waals surface area contributed by atoms with Crippen molar-refractivity contribution >= 4 is 11.6 Å². The highest BCUT2D eigenvalue weighted by Gasteiger charge is 2.19. The Labute approximate surface area is 125 Å². The lowest BCUT2D eigenvalue weighted by atomic mass is 10.2. The number of carbonyl (C=O) groups is 1. The normalized spacial score (nSPS) is 15.3. The second kappa shape index (κ2) is 7.55. The maximum absolute atomic E-state index is 11.6. The molecular weight excluding hydrogens is 266 g/mol. The molecule has 1 aliphatic rings. The Morgan fingerprint density at radius 1 is 1.38 bits per heavy atom. The van der Waals surface area contributed by atoms with Gasteiger partial charge in [-0.1, -0.05) is 12.0 Å². The summed E-state index contributed by atoms with van der Waals surface area (Å²) in [6, 6.07) is 8.05. The summed E-state index contributed by atoms with van der Waals surface area (Å²) in [4.78, 5) is 16.1. The summed E-state index contributed by atoms with van der Waals surface area (Å²) < 4.78 is 5.25. The van der Waals surface area contributed by atoms with E-state index in [-0.39, 0.29) is 5.91 Å². The minimum Gasteiger partial charge on any atom is -0.497 e. The molecule has 0 aliphatic carbocycles. The second-order valence-electron chi connectivity index (χ2n) is 4.95. The molecule has 1 amide bonds. The molecule has 0 spiro atoms. The fourth-order valence-corrected chi connectivity index (χ4v) is 2.38. The van der Waals surface area contributed by atoms with Crippen LogP contribution in [0.15, 0.2) is 24.3 Å². The van der Waals surface area contributed by atoms with Crippen LogP contribution in [0.25, 0.3) is 0 Å². The molecule has 1 aromatic carbocycles. The van der Waals surface area contributed by atoms with Crippen LogP contribution in [0.5, 0.6) is 5.75 Å². The van der Waals surface area contributed by atoms with E-state index in [0.29, 0.717) is 13.1 Å². The average molecular weight is 287 g/mol. The van der Waals surface area contributed by atoms with Gasteiger partial charge in [0.05, 0.1) is 20.2 Å². The highest BCUT2D eigenvalue weighted by Crippen LogP contribution is 2.21. The van der Waals surface area contributed by atoms with Gasteiger partial charge in [0.25, 0.3) is 0 Å². The highest BCUT2D eigenvalue weighted by atomic mass is 16.5. The molecular formula is C16H21N3O2. The molecule has 1 fully saturated rings. The van der Waals surface area contributed by atoms with Crippen molar-refractivity contribution in [3.05, 3.63) is 24.3 Å². The molecule has 5 heteroatoms. The van der Waals surface area contributed by atoms with Crippen molar-refractivity contribution in [2.24, 2.45) is 0 Å². The van der Waals surface area contributed by atoms with Crippen LogP contribution in [-0.2, 0) is 4.79 Å². The van der Waals surface area contributed by atoms with Gasteiger partial charge < -0.3 is 15.0 Å². The molecule has 0 atom stereocenters. The van der Waals surface area contributed by atoms with E-state index in [2.05, 4.69) is 27.1 Å². The maximum Gasteiger partial charge on any atom is 0.234 e. The molecule has 112 valence electrons. The van der Waals surface area contributed by atoms with E-state index in [1.54, 1.807) is 7.11 Å². The quantitative estimate of drug-likeness (QED) is 0.804. The van der Waals surface area contributed by atoms with E-state index in [9.17, 15) is 4.79 Å². The van der Waals surface area contributed by atoms with Gasteiger partial charge in [0, 0.05) is 37.9 Å². The van der Waals surface area contributed by atoms with Gasteiger partial charge >= 0.3 is 0 Å². The molecule has 0 bridgehead atoms. The zero-order valence-electron chi connectivity index (χ0n) is 12.3. The number of anilines is 1. The number of piperazine rings is 1. The van der Waals surface area contributed by atoms with E-state index in [1.807, 2.05) is 18.2 Å². The predicted molar refractivity (Wildman–Crippen MR) is 83.5 cm³/mol. The first kappa shape index (κ1) is 15.2. The Morgan fingerprint density at radius 2 is 2.14 bits per heavy atom. The molecule has 0 aromatic heterocycles. The summed E-state index contributed by atoms with van der Waals surface area (Å²) in [6.07, 6.45) is 5.12. The number of methoxy groups -OCH3 is 1. The van der Waals surface area contributed by atoms with Crippen molar-refractivity contribution in [1.82, 2.24) is 10.2 Å². The molecule has 2 rings (SSSR count). The molecule has 1 saturated heterocycles. The highest BCUT2D eigenvalue weighted by molar-refractivity contribution is 5.78. The van der Waals surface area contributed by atoms with E-state index < -0.39 is 0 Å². The third kappa shape index (κ3) is 4.40. The van der Waals surface area contributed by atoms with Crippen LogP contribution >= 0.6 is 0 Å². The Hall–Kier alpha value is -2.19. The zero-order chi connectivity index (χ0) is 15.1. The van der Waals surface area contributed by atoms with Crippen LogP contribution in [0, 0.1) is 12.3 Å². The lowest BCUT2D eigenvalue weighted by Crippen LogP contribution is -2.49. The Bertz CT molecular complexity index is 516. The molecule has 21 heavy (non-hydrogen) atoms. The van der Waals surface area contributed by atoms with Crippen LogP contribution in [0.3, 0.4) is 0 Å². The first-order valence-corrected chi connectivity index (χ1v) is 7.04. The van der Waals surface area contributed by atoms with Crippen molar-refractivity contribution in [2.75, 3.05) is 51.3 Å². The van der Waals surface area contributed by atoms with E-state index in [4.69, 9.17) is 11.2 Å². The molecule has 0 unspecified atom stereocenters. The minimum atomic E-state index is -0.0113. The number of hydrogen-bond donors (Lipinski definition) is 1. The third-order valence-electron chi connectivity index (χ3n) is 3.55. The monoisotopic (exact) mass is 287 g/mol. The third-order valence-corrected chi connectivity index (χ3v) is 3.55. The van der Waals surface area contributed by atoms with Crippen molar-refractivity contribution < 1.29 is 9.53 Å². The number of nitrogens with one attached hydrogen (secondary N) is 1. The van der Waals surface area contributed by atoms with Gasteiger partial charge in [0.2, 0.25) is 5.91 Å². The summed E-state index contributed by atoms with van der Waals surface area (Å²) >= 11 is 0. The summed E-state index contributed by atoms with van der Waals surface area (Å²) in [6.45, 7) is 4.22. The number of terminal acetylenes is 1. The van der Waals surface area contributed by atoms with Crippen molar-refractivity contribution in [3.63, 3.8) is 0 Å². The summed E-state index contributed by atoms with van der Waals surface area (Å²) in [5, 5.41) is 2.69. The molecule has 1 aliphatic heterocycles. The molecule has 0 saturated carbocycles. The van der Waals surface area contributed by atoms with Crippen molar-refractivity contribution in [3.8, 4) is 18.1 Å². The van der Waals surface area contributed by atoms with Crippen LogP contribution in [0.1, 0.15) is 0 Å². The molecule has 0 radical (unpaired) electrons. The summed E-state index contributed by atoms with van der Waals surface area (Å²) in [5.41, 5.74) is 1.16. The van der Waals surface area contributed by atoms with Crippen LogP contribution in [0.2, 0.25) is 0 Å². The Morgan fingerprint density at radius 3 is 2.81 bits per heavy atom. The zero-order valence-corrected chi connectivity index (χ0v) is 12.3.